The molecule has 0 radical (unpaired) electrons. The molecule has 0 bridgehead atoms. The number of aliphatic imine (C=N–C) groups is 1. The Morgan fingerprint density at radius 3 is 2.96 bits per heavy atom. The van der Waals surface area contributed by atoms with E-state index in [1.54, 1.807) is 18.5 Å². The van der Waals surface area contributed by atoms with Crippen molar-refractivity contribution in [1.82, 2.24) is 20.5 Å². The van der Waals surface area contributed by atoms with Gasteiger partial charge in [0.2, 0.25) is 0 Å². The molecule has 2 aromatic rings. The monoisotopic (exact) mass is 388 g/mol. The van der Waals surface area contributed by atoms with Gasteiger partial charge in [0.05, 0.1) is 18.8 Å². The van der Waals surface area contributed by atoms with Crippen molar-refractivity contribution in [2.75, 3.05) is 45.2 Å². The minimum Gasteiger partial charge on any atom is -0.468 e. The van der Waals surface area contributed by atoms with Crippen LogP contribution in [0.3, 0.4) is 0 Å². The summed E-state index contributed by atoms with van der Waals surface area (Å²) in [7, 11) is 4.03. The summed E-state index contributed by atoms with van der Waals surface area (Å²) in [5.74, 6) is 1.78. The van der Waals surface area contributed by atoms with Crippen LogP contribution in [0.15, 0.2) is 46.1 Å². The quantitative estimate of drug-likeness (QED) is 0.560. The Balaban J connectivity index is 1.63. The van der Waals surface area contributed by atoms with Gasteiger partial charge in [0, 0.05) is 31.9 Å². The highest BCUT2D eigenvalue weighted by Gasteiger charge is 2.26. The molecule has 3 rings (SSSR count). The number of guanidine groups is 1. The summed E-state index contributed by atoms with van der Waals surface area (Å²) in [5, 5.41) is 6.77. The van der Waals surface area contributed by atoms with E-state index in [9.17, 15) is 4.39 Å². The molecule has 7 nitrogen and oxygen atoms in total. The molecule has 28 heavy (non-hydrogen) atoms. The van der Waals surface area contributed by atoms with E-state index in [2.05, 4.69) is 20.5 Å². The van der Waals surface area contributed by atoms with Crippen LogP contribution in [0, 0.1) is 5.82 Å². The summed E-state index contributed by atoms with van der Waals surface area (Å²) in [4.78, 5) is 13.0. The zero-order chi connectivity index (χ0) is 19.9. The second-order valence-electron chi connectivity index (χ2n) is 7.10. The number of rotatable bonds is 7. The van der Waals surface area contributed by atoms with E-state index in [0.29, 0.717) is 18.9 Å². The van der Waals surface area contributed by atoms with Gasteiger partial charge in [0.25, 0.3) is 0 Å². The average Bonchev–Trinajstić information content (AvgIpc) is 3.34. The highest BCUT2D eigenvalue weighted by Crippen LogP contribution is 2.21. The number of aromatic nitrogens is 1. The van der Waals surface area contributed by atoms with Crippen molar-refractivity contribution >= 4 is 11.8 Å². The molecule has 0 amide bonds. The zero-order valence-electron chi connectivity index (χ0n) is 16.7. The van der Waals surface area contributed by atoms with Crippen molar-refractivity contribution in [3.8, 4) is 0 Å². The topological polar surface area (TPSA) is 68.9 Å². The molecular weight excluding hydrogens is 359 g/mol. The first-order valence-electron chi connectivity index (χ1n) is 9.68. The van der Waals surface area contributed by atoms with Crippen LogP contribution in [0.25, 0.3) is 0 Å². The van der Waals surface area contributed by atoms with Gasteiger partial charge < -0.3 is 20.0 Å². The minimum atomic E-state index is -0.281. The lowest BCUT2D eigenvalue weighted by Gasteiger charge is -2.22. The van der Waals surface area contributed by atoms with E-state index in [4.69, 9.17) is 9.41 Å². The third kappa shape index (κ3) is 5.01. The largest absolute Gasteiger partial charge is 0.468 e. The van der Waals surface area contributed by atoms with Crippen molar-refractivity contribution in [2.45, 2.75) is 25.4 Å². The summed E-state index contributed by atoms with van der Waals surface area (Å²) in [6.07, 6.45) is 4.21. The molecule has 3 heterocycles. The Morgan fingerprint density at radius 1 is 1.43 bits per heavy atom. The lowest BCUT2D eigenvalue weighted by Crippen LogP contribution is -2.45. The van der Waals surface area contributed by atoms with Crippen molar-refractivity contribution in [2.24, 2.45) is 4.99 Å². The standard InChI is InChI=1S/C20H29FN6O/c1-4-22-20(24-13-17(26(2)3)18-8-6-12-28-18)25-15-9-11-27(14-15)19-16(21)7-5-10-23-19/h5-8,10,12,15,17H,4,9,11,13-14H2,1-3H3,(H2,22,24,25). The first-order chi connectivity index (χ1) is 13.6. The predicted octanol–water partition coefficient (Wildman–Crippen LogP) is 2.25. The average molecular weight is 388 g/mol. The van der Waals surface area contributed by atoms with Gasteiger partial charge in [-0.1, -0.05) is 0 Å². The Bertz CT molecular complexity index is 764. The predicted molar refractivity (Wildman–Crippen MR) is 109 cm³/mol. The Hall–Kier alpha value is -2.61. The fourth-order valence-corrected chi connectivity index (χ4v) is 3.36. The second-order valence-corrected chi connectivity index (χ2v) is 7.10. The number of furan rings is 1. The number of hydrogen-bond acceptors (Lipinski definition) is 5. The molecule has 152 valence electrons. The number of likely N-dealkylation sites (N-methyl/N-ethyl adjacent to an activating group) is 1. The SMILES string of the molecule is CCNC(=NCC(c1ccco1)N(C)C)NC1CCN(c2ncccc2F)C1. The normalized spacial score (nSPS) is 18.5. The van der Waals surface area contributed by atoms with Gasteiger partial charge in [-0.25, -0.2) is 9.37 Å². The molecule has 2 N–H and O–H groups in total. The van der Waals surface area contributed by atoms with Crippen LogP contribution < -0.4 is 15.5 Å². The van der Waals surface area contributed by atoms with Crippen LogP contribution in [0.4, 0.5) is 10.2 Å². The Labute approximate surface area is 165 Å². The van der Waals surface area contributed by atoms with Gasteiger partial charge in [-0.05, 0) is 51.7 Å². The smallest absolute Gasteiger partial charge is 0.191 e. The number of anilines is 1. The molecular formula is C20H29FN6O. The molecule has 2 atom stereocenters. The minimum absolute atomic E-state index is 0.0631. The maximum Gasteiger partial charge on any atom is 0.191 e. The first kappa shape index (κ1) is 20.1. The van der Waals surface area contributed by atoms with Gasteiger partial charge in [0.1, 0.15) is 5.76 Å². The Morgan fingerprint density at radius 2 is 2.29 bits per heavy atom. The van der Waals surface area contributed by atoms with Crippen molar-refractivity contribution < 1.29 is 8.81 Å². The summed E-state index contributed by atoms with van der Waals surface area (Å²) in [6, 6.07) is 7.17. The molecule has 1 fully saturated rings. The van der Waals surface area contributed by atoms with E-state index in [0.717, 1.165) is 31.2 Å². The van der Waals surface area contributed by atoms with Gasteiger partial charge >= 0.3 is 0 Å². The summed E-state index contributed by atoms with van der Waals surface area (Å²) in [5.41, 5.74) is 0. The summed E-state index contributed by atoms with van der Waals surface area (Å²) < 4.78 is 19.6. The molecule has 1 saturated heterocycles. The van der Waals surface area contributed by atoms with Crippen LogP contribution in [0.2, 0.25) is 0 Å². The lowest BCUT2D eigenvalue weighted by atomic mass is 10.2. The third-order valence-corrected chi connectivity index (χ3v) is 4.83. The van der Waals surface area contributed by atoms with Crippen LogP contribution >= 0.6 is 0 Å². The number of hydrogen-bond donors (Lipinski definition) is 2. The highest BCUT2D eigenvalue weighted by molar-refractivity contribution is 5.80. The number of halogens is 1. The molecule has 8 heteroatoms. The summed E-state index contributed by atoms with van der Waals surface area (Å²) in [6.45, 7) is 4.83. The Kier molecular flexibility index (Phi) is 6.86. The van der Waals surface area contributed by atoms with Crippen molar-refractivity contribution in [3.05, 3.63) is 48.3 Å². The van der Waals surface area contributed by atoms with Gasteiger partial charge in [-0.15, -0.1) is 0 Å². The molecule has 1 aliphatic heterocycles. The van der Waals surface area contributed by atoms with Gasteiger partial charge in [0.15, 0.2) is 17.6 Å². The lowest BCUT2D eigenvalue weighted by molar-refractivity contribution is 0.265. The maximum atomic E-state index is 14.0. The molecule has 0 aromatic carbocycles. The number of nitrogens with zero attached hydrogens (tertiary/aromatic N) is 4. The number of pyridine rings is 1. The third-order valence-electron chi connectivity index (χ3n) is 4.83. The van der Waals surface area contributed by atoms with E-state index in [-0.39, 0.29) is 17.9 Å². The van der Waals surface area contributed by atoms with Gasteiger partial charge in [-0.3, -0.25) is 9.89 Å². The highest BCUT2D eigenvalue weighted by atomic mass is 19.1. The second kappa shape index (κ2) is 9.54. The van der Waals surface area contributed by atoms with E-state index < -0.39 is 0 Å². The molecule has 0 saturated carbocycles. The van der Waals surface area contributed by atoms with Gasteiger partial charge in [-0.2, -0.15) is 0 Å². The van der Waals surface area contributed by atoms with Crippen LogP contribution in [0.1, 0.15) is 25.1 Å². The number of nitrogens with one attached hydrogen (secondary N) is 2. The maximum absolute atomic E-state index is 14.0. The molecule has 0 aliphatic carbocycles. The van der Waals surface area contributed by atoms with E-state index in [1.807, 2.05) is 38.1 Å². The zero-order valence-corrected chi connectivity index (χ0v) is 16.7. The van der Waals surface area contributed by atoms with E-state index >= 15 is 0 Å². The van der Waals surface area contributed by atoms with Crippen molar-refractivity contribution in [3.63, 3.8) is 0 Å². The molecule has 0 spiro atoms. The van der Waals surface area contributed by atoms with Crippen molar-refractivity contribution in [1.29, 1.82) is 0 Å². The summed E-state index contributed by atoms with van der Waals surface area (Å²) >= 11 is 0. The molecule has 2 aromatic heterocycles. The molecule has 1 aliphatic rings. The van der Waals surface area contributed by atoms with Crippen LogP contribution in [-0.4, -0.2) is 62.2 Å². The molecule has 2 unspecified atom stereocenters. The van der Waals surface area contributed by atoms with Crippen LogP contribution in [-0.2, 0) is 0 Å². The van der Waals surface area contributed by atoms with Crippen LogP contribution in [0.5, 0.6) is 0 Å². The fraction of sp³-hybridized carbons (Fsp3) is 0.500. The van der Waals surface area contributed by atoms with E-state index in [1.165, 1.54) is 6.07 Å². The first-order valence-corrected chi connectivity index (χ1v) is 9.68. The fourth-order valence-electron chi connectivity index (χ4n) is 3.36.